The number of hydrogen-bond donors (Lipinski definition) is 0. The van der Waals surface area contributed by atoms with Gasteiger partial charge in [0.15, 0.2) is 5.78 Å². The van der Waals surface area contributed by atoms with Crippen LogP contribution in [0.3, 0.4) is 0 Å². The number of nitrogens with zero attached hydrogens (tertiary/aromatic N) is 1. The van der Waals surface area contributed by atoms with Crippen LogP contribution in [-0.4, -0.2) is 30.3 Å². The van der Waals surface area contributed by atoms with Gasteiger partial charge < -0.3 is 4.90 Å². The summed E-state index contributed by atoms with van der Waals surface area (Å²) in [7, 11) is 0. The molecule has 132 valence electrons. The maximum Gasteiger partial charge on any atom is 0.167 e. The number of allylic oxidation sites excluding steroid dienone is 5. The summed E-state index contributed by atoms with van der Waals surface area (Å²) in [5, 5.41) is 0. The van der Waals surface area contributed by atoms with Crippen LogP contribution in [0.2, 0.25) is 0 Å². The van der Waals surface area contributed by atoms with Gasteiger partial charge >= 0.3 is 0 Å². The number of rotatable bonds is 7. The highest BCUT2D eigenvalue weighted by atomic mass is 16.1. The summed E-state index contributed by atoms with van der Waals surface area (Å²) in [4.78, 5) is 15.4. The van der Waals surface area contributed by atoms with Gasteiger partial charge in [0.05, 0.1) is 0 Å². The second kappa shape index (κ2) is 8.44. The summed E-state index contributed by atoms with van der Waals surface area (Å²) in [6.45, 7) is 9.07. The van der Waals surface area contributed by atoms with Gasteiger partial charge in [0, 0.05) is 24.6 Å². The number of hydrogen-bond acceptors (Lipinski definition) is 2. The third kappa shape index (κ3) is 5.02. The van der Waals surface area contributed by atoms with E-state index in [1.807, 2.05) is 24.3 Å². The molecule has 1 aromatic rings. The van der Waals surface area contributed by atoms with Crippen LogP contribution in [0.15, 0.2) is 55.1 Å². The van der Waals surface area contributed by atoms with Crippen LogP contribution in [0.1, 0.15) is 48.5 Å². The Kier molecular flexibility index (Phi) is 6.04. The van der Waals surface area contributed by atoms with Gasteiger partial charge in [-0.15, -0.1) is 0 Å². The van der Waals surface area contributed by atoms with Crippen LogP contribution in [0.25, 0.3) is 5.57 Å². The molecule has 0 radical (unpaired) electrons. The van der Waals surface area contributed by atoms with E-state index in [0.29, 0.717) is 5.78 Å². The highest BCUT2D eigenvalue weighted by Gasteiger charge is 2.30. The lowest BCUT2D eigenvalue weighted by Crippen LogP contribution is -2.39. The zero-order chi connectivity index (χ0) is 17.6. The van der Waals surface area contributed by atoms with Crippen LogP contribution in [0.4, 0.5) is 0 Å². The van der Waals surface area contributed by atoms with Gasteiger partial charge in [0.1, 0.15) is 0 Å². The Labute approximate surface area is 151 Å². The molecule has 0 amide bonds. The molecule has 1 aliphatic heterocycles. The predicted molar refractivity (Wildman–Crippen MR) is 106 cm³/mol. The second-order valence-electron chi connectivity index (χ2n) is 7.45. The molecule has 2 aliphatic rings. The van der Waals surface area contributed by atoms with Crippen molar-refractivity contribution < 1.29 is 4.79 Å². The van der Waals surface area contributed by atoms with Crippen LogP contribution < -0.4 is 0 Å². The second-order valence-corrected chi connectivity index (χ2v) is 7.45. The fourth-order valence-corrected chi connectivity index (χ4v) is 3.61. The highest BCUT2D eigenvalue weighted by molar-refractivity contribution is 5.98. The zero-order valence-electron chi connectivity index (χ0n) is 15.3. The van der Waals surface area contributed by atoms with Gasteiger partial charge in [-0.2, -0.15) is 0 Å². The Balaban J connectivity index is 1.62. The first-order chi connectivity index (χ1) is 12.2. The van der Waals surface area contributed by atoms with Gasteiger partial charge in [-0.25, -0.2) is 0 Å². The van der Waals surface area contributed by atoms with E-state index in [-0.39, 0.29) is 5.92 Å². The third-order valence-electron chi connectivity index (χ3n) is 5.31. The van der Waals surface area contributed by atoms with E-state index in [0.717, 1.165) is 36.4 Å². The molecule has 0 N–H and O–H groups in total. The maximum absolute atomic E-state index is 12.9. The van der Waals surface area contributed by atoms with Crippen molar-refractivity contribution in [1.29, 1.82) is 0 Å². The van der Waals surface area contributed by atoms with Gasteiger partial charge in [0.2, 0.25) is 0 Å². The maximum atomic E-state index is 12.9. The van der Waals surface area contributed by atoms with Crippen molar-refractivity contribution in [2.24, 2.45) is 11.8 Å². The fraction of sp³-hybridized carbons (Fsp3) is 0.435. The quantitative estimate of drug-likeness (QED) is 0.508. The van der Waals surface area contributed by atoms with Gasteiger partial charge in [-0.1, -0.05) is 55.1 Å². The fourth-order valence-electron chi connectivity index (χ4n) is 3.61. The first-order valence-electron chi connectivity index (χ1n) is 9.50. The van der Waals surface area contributed by atoms with Crippen LogP contribution in [0.5, 0.6) is 0 Å². The number of ketones is 1. The molecule has 2 heteroatoms. The molecule has 0 aromatic heterocycles. The molecule has 1 saturated carbocycles. The van der Waals surface area contributed by atoms with Gasteiger partial charge in [0.25, 0.3) is 0 Å². The van der Waals surface area contributed by atoms with E-state index in [9.17, 15) is 4.79 Å². The number of likely N-dealkylation sites (tertiary alicyclic amines) is 1. The van der Waals surface area contributed by atoms with Crippen molar-refractivity contribution in [3.63, 3.8) is 0 Å². The summed E-state index contributed by atoms with van der Waals surface area (Å²) in [6.07, 6.45) is 12.7. The highest BCUT2D eigenvalue weighted by Crippen LogP contribution is 2.31. The lowest BCUT2D eigenvalue weighted by Gasteiger charge is -2.32. The van der Waals surface area contributed by atoms with E-state index < -0.39 is 0 Å². The van der Waals surface area contributed by atoms with Gasteiger partial charge in [-0.3, -0.25) is 4.79 Å². The molecule has 3 rings (SSSR count). The molecule has 2 nitrogen and oxygen atoms in total. The monoisotopic (exact) mass is 335 g/mol. The molecule has 0 unspecified atom stereocenters. The van der Waals surface area contributed by atoms with Gasteiger partial charge in [-0.05, 0) is 56.2 Å². The summed E-state index contributed by atoms with van der Waals surface area (Å²) < 4.78 is 0. The number of carbonyl (C=O) groups is 1. The average Bonchev–Trinajstić information content (AvgIpc) is 3.45. The zero-order valence-corrected chi connectivity index (χ0v) is 15.3. The number of piperidine rings is 1. The van der Waals surface area contributed by atoms with Crippen molar-refractivity contribution in [3.8, 4) is 0 Å². The molecule has 1 heterocycles. The minimum absolute atomic E-state index is 0.172. The minimum atomic E-state index is 0.172. The molecule has 1 aliphatic carbocycles. The summed E-state index contributed by atoms with van der Waals surface area (Å²) in [6, 6.07) is 8.11. The van der Waals surface area contributed by atoms with E-state index >= 15 is 0 Å². The Hall–Kier alpha value is -1.93. The van der Waals surface area contributed by atoms with Crippen LogP contribution in [-0.2, 0) is 0 Å². The first kappa shape index (κ1) is 17.9. The molecular formula is C23H29NO. The molecule has 1 saturated heterocycles. The Morgan fingerprint density at radius 2 is 1.88 bits per heavy atom. The van der Waals surface area contributed by atoms with E-state index in [1.165, 1.54) is 31.5 Å². The first-order valence-corrected chi connectivity index (χ1v) is 9.50. The topological polar surface area (TPSA) is 20.3 Å². The van der Waals surface area contributed by atoms with Crippen LogP contribution in [0, 0.1) is 11.8 Å². The Morgan fingerprint density at radius 3 is 2.56 bits per heavy atom. The molecule has 25 heavy (non-hydrogen) atoms. The smallest absolute Gasteiger partial charge is 0.167 e. The van der Waals surface area contributed by atoms with Crippen molar-refractivity contribution in [3.05, 3.63) is 66.3 Å². The minimum Gasteiger partial charge on any atom is -0.302 e. The SMILES string of the molecule is C=C/C=C\C=C(/C)c1ccc(C(=O)[C@@H]2CCCN(CC3CC3)C2)cc1. The largest absolute Gasteiger partial charge is 0.302 e. The number of benzene rings is 1. The lowest BCUT2D eigenvalue weighted by atomic mass is 9.89. The van der Waals surface area contributed by atoms with E-state index in [2.05, 4.69) is 36.6 Å². The summed E-state index contributed by atoms with van der Waals surface area (Å²) in [5.74, 6) is 1.39. The summed E-state index contributed by atoms with van der Waals surface area (Å²) in [5.41, 5.74) is 3.20. The summed E-state index contributed by atoms with van der Waals surface area (Å²) >= 11 is 0. The Morgan fingerprint density at radius 1 is 1.16 bits per heavy atom. The molecule has 2 fully saturated rings. The van der Waals surface area contributed by atoms with Crippen LogP contribution >= 0.6 is 0 Å². The van der Waals surface area contributed by atoms with E-state index in [1.54, 1.807) is 6.08 Å². The normalized spacial score (nSPS) is 22.3. The third-order valence-corrected chi connectivity index (χ3v) is 5.31. The number of carbonyl (C=O) groups excluding carboxylic acids is 1. The van der Waals surface area contributed by atoms with Crippen molar-refractivity contribution in [2.75, 3.05) is 19.6 Å². The molecule has 1 atom stereocenters. The standard InChI is InChI=1S/C23H29NO/c1-3-4-5-7-18(2)20-11-13-21(14-12-20)23(25)22-8-6-15-24(17-22)16-19-9-10-19/h3-5,7,11-14,19,22H,1,6,8-10,15-17H2,2H3/b5-4-,18-7+/t22-/m1/s1. The predicted octanol–water partition coefficient (Wildman–Crippen LogP) is 5.14. The lowest BCUT2D eigenvalue weighted by molar-refractivity contribution is 0.0814. The molecule has 0 spiro atoms. The van der Waals surface area contributed by atoms with E-state index in [4.69, 9.17) is 0 Å². The average molecular weight is 335 g/mol. The molecule has 0 bridgehead atoms. The Bertz CT molecular complexity index is 664. The van der Waals surface area contributed by atoms with Crippen molar-refractivity contribution in [2.45, 2.75) is 32.6 Å². The van der Waals surface area contributed by atoms with Crippen molar-refractivity contribution >= 4 is 11.4 Å². The molecular weight excluding hydrogens is 306 g/mol. The molecule has 1 aromatic carbocycles. The van der Waals surface area contributed by atoms with Crippen molar-refractivity contribution in [1.82, 2.24) is 4.90 Å². The number of Topliss-reactive ketones (excluding diaryl/α,β-unsaturated/α-hetero) is 1.